The van der Waals surface area contributed by atoms with Crippen LogP contribution in [0.25, 0.3) is 0 Å². The largest absolute Gasteiger partial charge is 0.478 e. The van der Waals surface area contributed by atoms with Gasteiger partial charge in [-0.2, -0.15) is 0 Å². The number of carbonyl (C=O) groups excluding carboxylic acids is 1. The summed E-state index contributed by atoms with van der Waals surface area (Å²) in [5.74, 6) is 1.64. The SMILES string of the molecule is CCCOc1ccc(CN=C(NCC)NC2CCN(C(=O)CC)C2)cn1.I. The highest BCUT2D eigenvalue weighted by Crippen LogP contribution is 2.11. The van der Waals surface area contributed by atoms with Gasteiger partial charge < -0.3 is 20.3 Å². The number of hydrogen-bond donors (Lipinski definition) is 2. The minimum absolute atomic E-state index is 0. The molecule has 1 amide bonds. The quantitative estimate of drug-likeness (QED) is 0.334. The Hall–Kier alpha value is -1.58. The maximum atomic E-state index is 11.8. The number of halogens is 1. The molecule has 1 unspecified atom stereocenters. The molecule has 0 aromatic carbocycles. The van der Waals surface area contributed by atoms with Crippen LogP contribution >= 0.6 is 24.0 Å². The van der Waals surface area contributed by atoms with Crippen molar-refractivity contribution in [3.63, 3.8) is 0 Å². The number of nitrogens with zero attached hydrogens (tertiary/aromatic N) is 3. The molecule has 2 rings (SSSR count). The van der Waals surface area contributed by atoms with E-state index in [0.717, 1.165) is 44.0 Å². The summed E-state index contributed by atoms with van der Waals surface area (Å²) in [5.41, 5.74) is 1.03. The highest BCUT2D eigenvalue weighted by molar-refractivity contribution is 14.0. The van der Waals surface area contributed by atoms with Crippen LogP contribution in [-0.2, 0) is 11.3 Å². The first-order chi connectivity index (χ1) is 12.7. The lowest BCUT2D eigenvalue weighted by atomic mass is 10.2. The van der Waals surface area contributed by atoms with Crippen LogP contribution in [-0.4, -0.2) is 54.0 Å². The number of ether oxygens (including phenoxy) is 1. The van der Waals surface area contributed by atoms with Crippen LogP contribution in [0.4, 0.5) is 0 Å². The first-order valence-electron chi connectivity index (χ1n) is 9.56. The van der Waals surface area contributed by atoms with Gasteiger partial charge in [0.05, 0.1) is 13.2 Å². The van der Waals surface area contributed by atoms with E-state index >= 15 is 0 Å². The van der Waals surface area contributed by atoms with Gasteiger partial charge in [0.1, 0.15) is 0 Å². The molecule has 0 bridgehead atoms. The Morgan fingerprint density at radius 1 is 1.37 bits per heavy atom. The average Bonchev–Trinajstić information content (AvgIpc) is 3.13. The van der Waals surface area contributed by atoms with E-state index in [1.54, 1.807) is 6.20 Å². The van der Waals surface area contributed by atoms with Gasteiger partial charge in [0, 0.05) is 44.4 Å². The number of amides is 1. The Kier molecular flexibility index (Phi) is 11.1. The van der Waals surface area contributed by atoms with Crippen LogP contribution < -0.4 is 15.4 Å². The summed E-state index contributed by atoms with van der Waals surface area (Å²) < 4.78 is 5.50. The Balaban J connectivity index is 0.00000364. The number of aliphatic imine (C=N–C) groups is 1. The highest BCUT2D eigenvalue weighted by Gasteiger charge is 2.25. The summed E-state index contributed by atoms with van der Waals surface area (Å²) in [6.07, 6.45) is 4.27. The smallest absolute Gasteiger partial charge is 0.222 e. The Bertz CT molecular complexity index is 594. The predicted molar refractivity (Wildman–Crippen MR) is 119 cm³/mol. The number of guanidine groups is 1. The number of carbonyl (C=O) groups is 1. The molecule has 2 N–H and O–H groups in total. The van der Waals surface area contributed by atoms with E-state index in [1.807, 2.05) is 30.9 Å². The van der Waals surface area contributed by atoms with Gasteiger partial charge in [-0.3, -0.25) is 4.79 Å². The Morgan fingerprint density at radius 2 is 2.19 bits per heavy atom. The van der Waals surface area contributed by atoms with E-state index in [2.05, 4.69) is 27.5 Å². The van der Waals surface area contributed by atoms with Gasteiger partial charge in [0.25, 0.3) is 0 Å². The molecule has 2 heterocycles. The number of nitrogens with one attached hydrogen (secondary N) is 2. The molecule has 0 aliphatic carbocycles. The van der Waals surface area contributed by atoms with Crippen molar-refractivity contribution in [3.8, 4) is 5.88 Å². The Morgan fingerprint density at radius 3 is 2.81 bits per heavy atom. The fourth-order valence-electron chi connectivity index (χ4n) is 2.81. The molecule has 1 aromatic rings. The summed E-state index contributed by atoms with van der Waals surface area (Å²) in [4.78, 5) is 22.7. The fourth-order valence-corrected chi connectivity index (χ4v) is 2.81. The zero-order valence-electron chi connectivity index (χ0n) is 16.5. The normalized spacial score (nSPS) is 16.6. The number of aromatic nitrogens is 1. The molecule has 0 spiro atoms. The van der Waals surface area contributed by atoms with Crippen molar-refractivity contribution in [2.45, 2.75) is 52.6 Å². The molecule has 8 heteroatoms. The van der Waals surface area contributed by atoms with E-state index in [1.165, 1.54) is 0 Å². The van der Waals surface area contributed by atoms with E-state index in [-0.39, 0.29) is 35.9 Å². The van der Waals surface area contributed by atoms with E-state index in [0.29, 0.717) is 25.5 Å². The highest BCUT2D eigenvalue weighted by atomic mass is 127. The minimum Gasteiger partial charge on any atom is -0.478 e. The van der Waals surface area contributed by atoms with Crippen LogP contribution in [0.1, 0.15) is 45.6 Å². The number of pyridine rings is 1. The average molecular weight is 489 g/mol. The molecule has 1 aliphatic heterocycles. The fraction of sp³-hybridized carbons (Fsp3) is 0.632. The van der Waals surface area contributed by atoms with Crippen molar-refractivity contribution < 1.29 is 9.53 Å². The number of rotatable bonds is 8. The van der Waals surface area contributed by atoms with Crippen molar-refractivity contribution in [2.24, 2.45) is 4.99 Å². The van der Waals surface area contributed by atoms with E-state index in [9.17, 15) is 4.79 Å². The zero-order valence-corrected chi connectivity index (χ0v) is 18.9. The van der Waals surface area contributed by atoms with Crippen molar-refractivity contribution in [1.29, 1.82) is 0 Å². The van der Waals surface area contributed by atoms with Crippen molar-refractivity contribution >= 4 is 35.8 Å². The van der Waals surface area contributed by atoms with Gasteiger partial charge in [0.15, 0.2) is 5.96 Å². The first kappa shape index (κ1) is 23.5. The van der Waals surface area contributed by atoms with Crippen molar-refractivity contribution in [1.82, 2.24) is 20.5 Å². The van der Waals surface area contributed by atoms with Crippen LogP contribution in [0.2, 0.25) is 0 Å². The van der Waals surface area contributed by atoms with Crippen LogP contribution in [0, 0.1) is 0 Å². The second-order valence-corrected chi connectivity index (χ2v) is 6.37. The summed E-state index contributed by atoms with van der Waals surface area (Å²) >= 11 is 0. The molecule has 1 saturated heterocycles. The van der Waals surface area contributed by atoms with Gasteiger partial charge in [-0.25, -0.2) is 9.98 Å². The van der Waals surface area contributed by atoms with Crippen LogP contribution in [0.5, 0.6) is 5.88 Å². The van der Waals surface area contributed by atoms with Gasteiger partial charge in [-0.05, 0) is 25.3 Å². The summed E-state index contributed by atoms with van der Waals surface area (Å²) in [6.45, 7) is 9.58. The molecule has 1 fully saturated rings. The molecule has 7 nitrogen and oxygen atoms in total. The standard InChI is InChI=1S/C19H31N5O2.HI/c1-4-11-26-17-8-7-15(12-21-17)13-22-19(20-6-3)23-16-9-10-24(14-16)18(25)5-2;/h7-8,12,16H,4-6,9-11,13-14H2,1-3H3,(H2,20,22,23);1H. The van der Waals surface area contributed by atoms with Crippen LogP contribution in [0.15, 0.2) is 23.3 Å². The molecule has 1 atom stereocenters. The van der Waals surface area contributed by atoms with E-state index in [4.69, 9.17) is 4.74 Å². The van der Waals surface area contributed by atoms with Crippen LogP contribution in [0.3, 0.4) is 0 Å². The van der Waals surface area contributed by atoms with Crippen molar-refractivity contribution in [2.75, 3.05) is 26.2 Å². The molecule has 152 valence electrons. The molecule has 1 aliphatic rings. The Labute approximate surface area is 179 Å². The van der Waals surface area contributed by atoms with Gasteiger partial charge >= 0.3 is 0 Å². The summed E-state index contributed by atoms with van der Waals surface area (Å²) in [7, 11) is 0. The third-order valence-corrected chi connectivity index (χ3v) is 4.20. The predicted octanol–water partition coefficient (Wildman–Crippen LogP) is 2.55. The van der Waals surface area contributed by atoms with Crippen molar-refractivity contribution in [3.05, 3.63) is 23.9 Å². The molecular formula is C19H32IN5O2. The molecule has 0 radical (unpaired) electrons. The maximum Gasteiger partial charge on any atom is 0.222 e. The number of hydrogen-bond acceptors (Lipinski definition) is 4. The van der Waals surface area contributed by atoms with Gasteiger partial charge in [-0.1, -0.05) is 19.9 Å². The van der Waals surface area contributed by atoms with E-state index < -0.39 is 0 Å². The second kappa shape index (κ2) is 12.7. The third-order valence-electron chi connectivity index (χ3n) is 4.20. The molecule has 0 saturated carbocycles. The first-order valence-corrected chi connectivity index (χ1v) is 9.56. The zero-order chi connectivity index (χ0) is 18.8. The summed E-state index contributed by atoms with van der Waals surface area (Å²) in [6, 6.07) is 4.11. The lowest BCUT2D eigenvalue weighted by Gasteiger charge is -2.18. The lowest BCUT2D eigenvalue weighted by Crippen LogP contribution is -2.45. The summed E-state index contributed by atoms with van der Waals surface area (Å²) in [5, 5.41) is 6.70. The molecular weight excluding hydrogens is 457 g/mol. The number of likely N-dealkylation sites (tertiary alicyclic amines) is 1. The third kappa shape index (κ3) is 7.90. The van der Waals surface area contributed by atoms with Gasteiger partial charge in [0.2, 0.25) is 11.8 Å². The topological polar surface area (TPSA) is 78.9 Å². The van der Waals surface area contributed by atoms with Gasteiger partial charge in [-0.15, -0.1) is 24.0 Å². The second-order valence-electron chi connectivity index (χ2n) is 6.37. The lowest BCUT2D eigenvalue weighted by molar-refractivity contribution is -0.129. The molecule has 1 aromatic heterocycles. The molecule has 27 heavy (non-hydrogen) atoms. The minimum atomic E-state index is 0. The maximum absolute atomic E-state index is 11.8. The monoisotopic (exact) mass is 489 g/mol.